The lowest BCUT2D eigenvalue weighted by molar-refractivity contribution is 0.0471. The molecule has 1 saturated heterocycles. The summed E-state index contributed by atoms with van der Waals surface area (Å²) >= 11 is 0. The van der Waals surface area contributed by atoms with Gasteiger partial charge in [-0.2, -0.15) is 0 Å². The van der Waals surface area contributed by atoms with Gasteiger partial charge in [0, 0.05) is 36.0 Å². The molecule has 1 unspecified atom stereocenters. The Balaban J connectivity index is 1.76. The third kappa shape index (κ3) is 4.27. The molecule has 0 spiro atoms. The Morgan fingerprint density at radius 2 is 2.03 bits per heavy atom. The summed E-state index contributed by atoms with van der Waals surface area (Å²) in [4.78, 5) is 28.0. The molecule has 8 heteroatoms. The lowest BCUT2D eigenvalue weighted by atomic mass is 9.96. The predicted molar refractivity (Wildman–Crippen MR) is 122 cm³/mol. The Morgan fingerprint density at radius 3 is 2.72 bits per heavy atom. The number of rotatable bonds is 5. The molecule has 3 aromatic rings. The van der Waals surface area contributed by atoms with E-state index in [1.807, 2.05) is 25.1 Å². The molecule has 0 bridgehead atoms. The monoisotopic (exact) mass is 433 g/mol. The van der Waals surface area contributed by atoms with E-state index in [1.54, 1.807) is 36.7 Å². The molecule has 0 radical (unpaired) electrons. The van der Waals surface area contributed by atoms with Crippen LogP contribution in [0.15, 0.2) is 42.9 Å². The molecule has 1 aliphatic heterocycles. The Bertz CT molecular complexity index is 1120. The van der Waals surface area contributed by atoms with Gasteiger partial charge in [-0.25, -0.2) is 15.0 Å². The standard InChI is InChI=1S/C24H27N5O3/c1-3-19-22(16-7-9-21(25)26-12-16)23(28-14-27-19)15-6-8-18(20(11-15)32-2)24(31)29-10-4-5-17(30)13-29/h6-9,11-12,14,17,30H,3-5,10,13H2,1-2H3,(H2,25,26). The van der Waals surface area contributed by atoms with Crippen molar-refractivity contribution in [3.63, 3.8) is 0 Å². The van der Waals surface area contributed by atoms with Gasteiger partial charge in [0.1, 0.15) is 17.9 Å². The van der Waals surface area contributed by atoms with Crippen LogP contribution in [0.2, 0.25) is 0 Å². The number of benzene rings is 1. The van der Waals surface area contributed by atoms with Crippen LogP contribution in [-0.2, 0) is 6.42 Å². The van der Waals surface area contributed by atoms with Crippen LogP contribution in [-0.4, -0.2) is 57.2 Å². The molecule has 32 heavy (non-hydrogen) atoms. The number of nitrogen functional groups attached to an aromatic ring is 1. The van der Waals surface area contributed by atoms with Crippen LogP contribution < -0.4 is 10.5 Å². The van der Waals surface area contributed by atoms with Gasteiger partial charge in [-0.15, -0.1) is 0 Å². The van der Waals surface area contributed by atoms with E-state index in [-0.39, 0.29) is 5.91 Å². The number of piperidine rings is 1. The zero-order valence-corrected chi connectivity index (χ0v) is 18.3. The maximum absolute atomic E-state index is 13.1. The van der Waals surface area contributed by atoms with Gasteiger partial charge in [0.25, 0.3) is 5.91 Å². The Kier molecular flexibility index (Phi) is 6.32. The van der Waals surface area contributed by atoms with Crippen LogP contribution in [0.5, 0.6) is 5.75 Å². The molecule has 2 aromatic heterocycles. The zero-order valence-electron chi connectivity index (χ0n) is 18.3. The van der Waals surface area contributed by atoms with E-state index in [0.717, 1.165) is 47.3 Å². The topological polar surface area (TPSA) is 114 Å². The Morgan fingerprint density at radius 1 is 1.22 bits per heavy atom. The molecule has 0 saturated carbocycles. The van der Waals surface area contributed by atoms with Gasteiger partial charge in [0.05, 0.1) is 30.2 Å². The minimum Gasteiger partial charge on any atom is -0.496 e. The number of β-amino-alcohol motifs (C(OH)–C–C–N with tert-alkyl or cyclic N) is 1. The summed E-state index contributed by atoms with van der Waals surface area (Å²) < 4.78 is 5.58. The van der Waals surface area contributed by atoms with Gasteiger partial charge in [-0.1, -0.05) is 13.0 Å². The number of nitrogens with zero attached hydrogens (tertiary/aromatic N) is 4. The summed E-state index contributed by atoms with van der Waals surface area (Å²) in [5.74, 6) is 0.759. The van der Waals surface area contributed by atoms with Gasteiger partial charge >= 0.3 is 0 Å². The van der Waals surface area contributed by atoms with Crippen molar-refractivity contribution in [1.29, 1.82) is 0 Å². The fourth-order valence-corrected chi connectivity index (χ4v) is 4.09. The number of likely N-dealkylation sites (tertiary alicyclic amines) is 1. The summed E-state index contributed by atoms with van der Waals surface area (Å²) in [7, 11) is 1.54. The number of hydrogen-bond acceptors (Lipinski definition) is 7. The second-order valence-corrected chi connectivity index (χ2v) is 7.83. The number of aromatic nitrogens is 3. The molecular weight excluding hydrogens is 406 g/mol. The molecule has 0 aliphatic carbocycles. The SMILES string of the molecule is CCc1ncnc(-c2ccc(C(=O)N3CCCC(O)C3)c(OC)c2)c1-c1ccc(N)nc1. The molecule has 3 heterocycles. The molecule has 4 rings (SSSR count). The lowest BCUT2D eigenvalue weighted by Gasteiger charge is -2.30. The average Bonchev–Trinajstić information content (AvgIpc) is 2.83. The van der Waals surface area contributed by atoms with Crippen molar-refractivity contribution in [3.8, 4) is 28.1 Å². The number of carbonyl (C=O) groups is 1. The van der Waals surface area contributed by atoms with Crippen molar-refractivity contribution in [2.24, 2.45) is 0 Å². The number of amides is 1. The predicted octanol–water partition coefficient (Wildman–Crippen LogP) is 2.96. The van der Waals surface area contributed by atoms with Crippen molar-refractivity contribution < 1.29 is 14.6 Å². The van der Waals surface area contributed by atoms with E-state index in [4.69, 9.17) is 10.5 Å². The number of aliphatic hydroxyl groups is 1. The van der Waals surface area contributed by atoms with Crippen LogP contribution in [0.25, 0.3) is 22.4 Å². The maximum atomic E-state index is 13.1. The zero-order chi connectivity index (χ0) is 22.7. The molecular formula is C24H27N5O3. The number of hydrogen-bond donors (Lipinski definition) is 2. The highest BCUT2D eigenvalue weighted by atomic mass is 16.5. The van der Waals surface area contributed by atoms with E-state index in [0.29, 0.717) is 30.2 Å². The minimum absolute atomic E-state index is 0.146. The fraction of sp³-hybridized carbons (Fsp3) is 0.333. The molecule has 1 aliphatic rings. The minimum atomic E-state index is -0.484. The highest BCUT2D eigenvalue weighted by molar-refractivity contribution is 5.98. The van der Waals surface area contributed by atoms with Crippen LogP contribution in [0.4, 0.5) is 5.82 Å². The smallest absolute Gasteiger partial charge is 0.257 e. The first-order valence-electron chi connectivity index (χ1n) is 10.7. The molecule has 8 nitrogen and oxygen atoms in total. The van der Waals surface area contributed by atoms with Gasteiger partial charge in [0.15, 0.2) is 0 Å². The fourth-order valence-electron chi connectivity index (χ4n) is 4.09. The molecule has 1 atom stereocenters. The van der Waals surface area contributed by atoms with Gasteiger partial charge in [0.2, 0.25) is 0 Å². The van der Waals surface area contributed by atoms with E-state index in [2.05, 4.69) is 15.0 Å². The van der Waals surface area contributed by atoms with Crippen molar-refractivity contribution in [3.05, 3.63) is 54.1 Å². The van der Waals surface area contributed by atoms with E-state index in [9.17, 15) is 9.90 Å². The van der Waals surface area contributed by atoms with Crippen molar-refractivity contribution in [2.45, 2.75) is 32.3 Å². The van der Waals surface area contributed by atoms with Crippen molar-refractivity contribution >= 4 is 11.7 Å². The average molecular weight is 434 g/mol. The van der Waals surface area contributed by atoms with Crippen LogP contribution in [0.3, 0.4) is 0 Å². The number of aryl methyl sites for hydroxylation is 1. The normalized spacial score (nSPS) is 16.1. The number of carbonyl (C=O) groups excluding carboxylic acids is 1. The summed E-state index contributed by atoms with van der Waals surface area (Å²) in [5.41, 5.74) is 10.4. The quantitative estimate of drug-likeness (QED) is 0.636. The number of nitrogens with two attached hydrogens (primary N) is 1. The van der Waals surface area contributed by atoms with E-state index < -0.39 is 6.10 Å². The van der Waals surface area contributed by atoms with Crippen molar-refractivity contribution in [1.82, 2.24) is 19.9 Å². The molecule has 1 amide bonds. The largest absolute Gasteiger partial charge is 0.496 e. The Labute approximate surface area is 187 Å². The van der Waals surface area contributed by atoms with Gasteiger partial charge in [-0.05, 0) is 43.5 Å². The van der Waals surface area contributed by atoms with Gasteiger partial charge in [-0.3, -0.25) is 4.79 Å². The number of aliphatic hydroxyl groups excluding tert-OH is 1. The number of methoxy groups -OCH3 is 1. The summed E-state index contributed by atoms with van der Waals surface area (Å²) in [5, 5.41) is 9.95. The number of anilines is 1. The highest BCUT2D eigenvalue weighted by Gasteiger charge is 2.26. The third-order valence-electron chi connectivity index (χ3n) is 5.72. The second-order valence-electron chi connectivity index (χ2n) is 7.83. The van der Waals surface area contributed by atoms with Crippen LogP contribution in [0, 0.1) is 0 Å². The van der Waals surface area contributed by atoms with Crippen molar-refractivity contribution in [2.75, 3.05) is 25.9 Å². The molecule has 166 valence electrons. The lowest BCUT2D eigenvalue weighted by Crippen LogP contribution is -2.42. The molecule has 3 N–H and O–H groups in total. The molecule has 1 aromatic carbocycles. The third-order valence-corrected chi connectivity index (χ3v) is 5.72. The first-order chi connectivity index (χ1) is 15.5. The number of ether oxygens (including phenoxy) is 1. The van der Waals surface area contributed by atoms with E-state index >= 15 is 0 Å². The summed E-state index contributed by atoms with van der Waals surface area (Å²) in [6.07, 6.45) is 5.00. The Hall–Kier alpha value is -3.52. The van der Waals surface area contributed by atoms with Crippen LogP contribution in [0.1, 0.15) is 35.8 Å². The summed E-state index contributed by atoms with van der Waals surface area (Å²) in [6.45, 7) is 3.00. The summed E-state index contributed by atoms with van der Waals surface area (Å²) in [6, 6.07) is 9.10. The van der Waals surface area contributed by atoms with E-state index in [1.165, 1.54) is 0 Å². The highest BCUT2D eigenvalue weighted by Crippen LogP contribution is 2.35. The van der Waals surface area contributed by atoms with Gasteiger partial charge < -0.3 is 20.5 Å². The first-order valence-corrected chi connectivity index (χ1v) is 10.7. The second kappa shape index (κ2) is 9.32. The first kappa shape index (κ1) is 21.7. The van der Waals surface area contributed by atoms with Crippen LogP contribution >= 0.6 is 0 Å². The maximum Gasteiger partial charge on any atom is 0.257 e. The molecule has 1 fully saturated rings. The number of pyridine rings is 1.